The number of ether oxygens (including phenoxy) is 1. The largest absolute Gasteiger partial charge is 0.481 e. The Labute approximate surface area is 167 Å². The molecule has 29 heavy (non-hydrogen) atoms. The first-order valence-electron chi connectivity index (χ1n) is 9.65. The van der Waals surface area contributed by atoms with E-state index in [0.717, 1.165) is 17.6 Å². The molecule has 2 aromatic heterocycles. The molecule has 3 heterocycles. The molecule has 4 rings (SSSR count). The third-order valence-electron chi connectivity index (χ3n) is 5.08. The summed E-state index contributed by atoms with van der Waals surface area (Å²) in [6.07, 6.45) is 3.36. The highest BCUT2D eigenvalue weighted by Gasteiger charge is 2.33. The van der Waals surface area contributed by atoms with Crippen molar-refractivity contribution >= 4 is 17.1 Å². The lowest BCUT2D eigenvalue weighted by molar-refractivity contribution is -0.136. The first-order chi connectivity index (χ1) is 14.1. The number of hydrogen-bond donors (Lipinski definition) is 1. The zero-order valence-electron chi connectivity index (χ0n) is 16.2. The average molecular weight is 398 g/mol. The van der Waals surface area contributed by atoms with Gasteiger partial charge in [-0.05, 0) is 25.5 Å². The minimum atomic E-state index is -0.707. The number of halogens is 1. The van der Waals surface area contributed by atoms with Crippen molar-refractivity contribution in [2.45, 2.75) is 31.9 Å². The van der Waals surface area contributed by atoms with Crippen LogP contribution in [0.4, 0.5) is 4.39 Å². The number of benzene rings is 1. The van der Waals surface area contributed by atoms with E-state index in [2.05, 4.69) is 15.1 Å². The van der Waals surface area contributed by atoms with Gasteiger partial charge in [0.15, 0.2) is 11.8 Å². The van der Waals surface area contributed by atoms with Crippen molar-refractivity contribution in [3.8, 4) is 5.75 Å². The van der Waals surface area contributed by atoms with Gasteiger partial charge in [0, 0.05) is 44.0 Å². The summed E-state index contributed by atoms with van der Waals surface area (Å²) in [4.78, 5) is 23.4. The predicted octanol–water partition coefficient (Wildman–Crippen LogP) is 1.71. The lowest BCUT2D eigenvalue weighted by Crippen LogP contribution is -2.39. The second-order valence-corrected chi connectivity index (χ2v) is 7.11. The van der Waals surface area contributed by atoms with E-state index in [4.69, 9.17) is 10.5 Å². The molecule has 152 valence electrons. The summed E-state index contributed by atoms with van der Waals surface area (Å²) < 4.78 is 20.7. The molecule has 2 N–H and O–H groups in total. The molecule has 3 aromatic rings. The Balaban J connectivity index is 1.47. The van der Waals surface area contributed by atoms with Crippen molar-refractivity contribution in [2.75, 3.05) is 19.6 Å². The van der Waals surface area contributed by atoms with E-state index < -0.39 is 11.9 Å². The van der Waals surface area contributed by atoms with Crippen LogP contribution >= 0.6 is 0 Å². The predicted molar refractivity (Wildman–Crippen MR) is 105 cm³/mol. The summed E-state index contributed by atoms with van der Waals surface area (Å²) in [5, 5.41) is 4.68. The summed E-state index contributed by atoms with van der Waals surface area (Å²) in [5.41, 5.74) is 7.99. The molecule has 2 atom stereocenters. The highest BCUT2D eigenvalue weighted by atomic mass is 19.1. The number of rotatable bonds is 6. The summed E-state index contributed by atoms with van der Waals surface area (Å²) in [5.74, 6) is -0.125. The van der Waals surface area contributed by atoms with E-state index in [1.807, 2.05) is 0 Å². The molecule has 1 aromatic carbocycles. The van der Waals surface area contributed by atoms with Crippen LogP contribution in [0.25, 0.3) is 11.2 Å². The molecule has 0 radical (unpaired) electrons. The zero-order valence-corrected chi connectivity index (χ0v) is 16.2. The summed E-state index contributed by atoms with van der Waals surface area (Å²) in [6.45, 7) is 3.82. The number of nitrogens with zero attached hydrogens (tertiary/aromatic N) is 5. The molecule has 0 bridgehead atoms. The third kappa shape index (κ3) is 3.91. The zero-order chi connectivity index (χ0) is 20.4. The smallest absolute Gasteiger partial charge is 0.263 e. The second-order valence-electron chi connectivity index (χ2n) is 7.11. The molecule has 0 aliphatic carbocycles. The van der Waals surface area contributed by atoms with Crippen molar-refractivity contribution in [3.63, 3.8) is 0 Å². The van der Waals surface area contributed by atoms with Crippen LogP contribution in [0.15, 0.2) is 36.7 Å². The lowest BCUT2D eigenvalue weighted by Gasteiger charge is -2.21. The van der Waals surface area contributed by atoms with Crippen molar-refractivity contribution in [3.05, 3.63) is 48.2 Å². The van der Waals surface area contributed by atoms with Crippen LogP contribution in [0.1, 0.15) is 25.0 Å². The number of hydrogen-bond acceptors (Lipinski definition) is 6. The first kappa shape index (κ1) is 19.3. The molecule has 2 unspecified atom stereocenters. The quantitative estimate of drug-likeness (QED) is 0.679. The number of nitrogens with two attached hydrogens (primary N) is 1. The van der Waals surface area contributed by atoms with Crippen LogP contribution in [-0.4, -0.2) is 56.3 Å². The van der Waals surface area contributed by atoms with Crippen LogP contribution < -0.4 is 10.5 Å². The fraction of sp³-hybridized carbons (Fsp3) is 0.400. The Hall–Kier alpha value is -3.07. The SMILES string of the molecule is CC(Oc1cccc(F)c1)C(=O)N1CCC(c2nn(CCN)c3nccnc23)C1. The van der Waals surface area contributed by atoms with Gasteiger partial charge in [0.1, 0.15) is 17.1 Å². The van der Waals surface area contributed by atoms with Crippen molar-refractivity contribution in [2.24, 2.45) is 5.73 Å². The minimum absolute atomic E-state index is 0.0681. The van der Waals surface area contributed by atoms with Gasteiger partial charge in [-0.15, -0.1) is 0 Å². The molecule has 1 aliphatic rings. The van der Waals surface area contributed by atoms with Gasteiger partial charge in [-0.3, -0.25) is 4.79 Å². The van der Waals surface area contributed by atoms with Gasteiger partial charge in [0.05, 0.1) is 12.2 Å². The summed E-state index contributed by atoms with van der Waals surface area (Å²) in [7, 11) is 0. The van der Waals surface area contributed by atoms with Crippen molar-refractivity contribution in [1.29, 1.82) is 0 Å². The molecule has 1 fully saturated rings. The first-order valence-corrected chi connectivity index (χ1v) is 9.65. The van der Waals surface area contributed by atoms with Gasteiger partial charge in [0.25, 0.3) is 5.91 Å². The van der Waals surface area contributed by atoms with Gasteiger partial charge >= 0.3 is 0 Å². The molecule has 1 aliphatic heterocycles. The highest BCUT2D eigenvalue weighted by molar-refractivity contribution is 5.81. The summed E-state index contributed by atoms with van der Waals surface area (Å²) >= 11 is 0. The number of amides is 1. The minimum Gasteiger partial charge on any atom is -0.481 e. The Morgan fingerprint density at radius 1 is 1.38 bits per heavy atom. The Morgan fingerprint density at radius 3 is 3.00 bits per heavy atom. The Bertz CT molecular complexity index is 1020. The van der Waals surface area contributed by atoms with Gasteiger partial charge in [-0.25, -0.2) is 19.0 Å². The highest BCUT2D eigenvalue weighted by Crippen LogP contribution is 2.30. The maximum absolute atomic E-state index is 13.3. The number of fused-ring (bicyclic) bond motifs is 1. The maximum atomic E-state index is 13.3. The second kappa shape index (κ2) is 8.12. The van der Waals surface area contributed by atoms with E-state index in [1.54, 1.807) is 41.0 Å². The van der Waals surface area contributed by atoms with Crippen LogP contribution in [0.3, 0.4) is 0 Å². The Morgan fingerprint density at radius 2 is 2.21 bits per heavy atom. The maximum Gasteiger partial charge on any atom is 0.263 e. The van der Waals surface area contributed by atoms with E-state index in [1.165, 1.54) is 12.1 Å². The van der Waals surface area contributed by atoms with Crippen molar-refractivity contribution < 1.29 is 13.9 Å². The standard InChI is InChI=1S/C20H23FN6O2/c1-13(29-16-4-2-3-15(21)11-16)20(28)26-9-5-14(12-26)17-18-19(24-8-7-23-18)27(25-17)10-6-22/h2-4,7-8,11,13-14H,5-6,9-10,12,22H2,1H3. The van der Waals surface area contributed by atoms with Crippen LogP contribution in [-0.2, 0) is 11.3 Å². The molecule has 0 saturated carbocycles. The number of carbonyl (C=O) groups is 1. The van der Waals surface area contributed by atoms with Crippen LogP contribution in [0.5, 0.6) is 5.75 Å². The average Bonchev–Trinajstić information content (AvgIpc) is 3.33. The fourth-order valence-corrected chi connectivity index (χ4v) is 3.71. The monoisotopic (exact) mass is 398 g/mol. The fourth-order valence-electron chi connectivity index (χ4n) is 3.71. The Kier molecular flexibility index (Phi) is 5.39. The molecule has 1 amide bonds. The van der Waals surface area contributed by atoms with E-state index in [0.29, 0.717) is 37.6 Å². The normalized spacial score (nSPS) is 17.6. The van der Waals surface area contributed by atoms with Crippen LogP contribution in [0.2, 0.25) is 0 Å². The van der Waals surface area contributed by atoms with E-state index in [-0.39, 0.29) is 11.8 Å². The number of aromatic nitrogens is 4. The third-order valence-corrected chi connectivity index (χ3v) is 5.08. The van der Waals surface area contributed by atoms with Gasteiger partial charge in [-0.2, -0.15) is 5.10 Å². The molecule has 1 saturated heterocycles. The van der Waals surface area contributed by atoms with Crippen LogP contribution in [0, 0.1) is 5.82 Å². The molecular weight excluding hydrogens is 375 g/mol. The molecular formula is C20H23FN6O2. The number of likely N-dealkylation sites (tertiary alicyclic amines) is 1. The molecule has 0 spiro atoms. The van der Waals surface area contributed by atoms with Crippen molar-refractivity contribution in [1.82, 2.24) is 24.6 Å². The van der Waals surface area contributed by atoms with Gasteiger partial charge in [0.2, 0.25) is 0 Å². The summed E-state index contributed by atoms with van der Waals surface area (Å²) in [6, 6.07) is 5.79. The topological polar surface area (TPSA) is 99.2 Å². The van der Waals surface area contributed by atoms with E-state index >= 15 is 0 Å². The molecule has 9 heteroatoms. The van der Waals surface area contributed by atoms with Gasteiger partial charge in [-0.1, -0.05) is 6.07 Å². The number of carbonyl (C=O) groups excluding carboxylic acids is 1. The molecule has 8 nitrogen and oxygen atoms in total. The lowest BCUT2D eigenvalue weighted by atomic mass is 10.0. The van der Waals surface area contributed by atoms with E-state index in [9.17, 15) is 9.18 Å². The van der Waals surface area contributed by atoms with Gasteiger partial charge < -0.3 is 15.4 Å².